The normalized spacial score (nSPS) is 34.0. The van der Waals surface area contributed by atoms with Gasteiger partial charge in [0, 0.05) is 108 Å². The molecule has 0 radical (unpaired) electrons. The number of halogens is 4. The Morgan fingerprint density at radius 1 is 0.575 bits per heavy atom. The SMILES string of the molecule is CS(=O)CC1(C2CCCCC2)CC2CCC(C1)N2C(=O)[C@@H]1CN(C(C)(C)C)C[C@H]1c1ccc(F)cc1F.CSCC1(C2CCCCC2)CC2CCC(C1)N2C(=O)[C@@H]1CN(C(C)(C)C)C[C@H]1c1ccc(F)cc1F. The van der Waals surface area contributed by atoms with Crippen LogP contribution in [0.25, 0.3) is 0 Å². The zero-order valence-corrected chi connectivity index (χ0v) is 47.2. The van der Waals surface area contributed by atoms with Crippen molar-refractivity contribution in [2.75, 3.05) is 50.2 Å². The van der Waals surface area contributed by atoms with Crippen molar-refractivity contribution in [3.05, 3.63) is 70.8 Å². The average molecular weight is 1050 g/mol. The number of likely N-dealkylation sites (tertiary alicyclic amines) is 2. The molecule has 73 heavy (non-hydrogen) atoms. The van der Waals surface area contributed by atoms with Gasteiger partial charge in [0.05, 0.1) is 11.8 Å². The number of amides is 2. The Morgan fingerprint density at radius 3 is 1.29 bits per heavy atom. The van der Waals surface area contributed by atoms with Gasteiger partial charge in [-0.1, -0.05) is 50.7 Å². The fraction of sp³-hybridized carbons (Fsp3) is 0.767. The van der Waals surface area contributed by atoms with Crippen LogP contribution in [0.15, 0.2) is 36.4 Å². The molecular weight excluding hydrogens is 965 g/mol. The molecule has 4 bridgehead atoms. The molecule has 0 aromatic heterocycles. The molecule has 406 valence electrons. The smallest absolute Gasteiger partial charge is 0.228 e. The highest BCUT2D eigenvalue weighted by Gasteiger charge is 2.57. The van der Waals surface area contributed by atoms with Gasteiger partial charge in [0.25, 0.3) is 0 Å². The van der Waals surface area contributed by atoms with Crippen LogP contribution in [0.4, 0.5) is 17.6 Å². The number of piperidine rings is 2. The van der Waals surface area contributed by atoms with E-state index in [0.29, 0.717) is 60.7 Å². The highest BCUT2D eigenvalue weighted by Crippen LogP contribution is 2.57. The molecule has 2 amide bonds. The van der Waals surface area contributed by atoms with Crippen LogP contribution < -0.4 is 0 Å². The Morgan fingerprint density at radius 2 is 0.945 bits per heavy atom. The van der Waals surface area contributed by atoms with Gasteiger partial charge in [-0.25, -0.2) is 17.6 Å². The Kier molecular flexibility index (Phi) is 16.7. The molecule has 2 aromatic rings. The molecule has 0 N–H and O–H groups in total. The predicted octanol–water partition coefficient (Wildman–Crippen LogP) is 12.7. The summed E-state index contributed by atoms with van der Waals surface area (Å²) < 4.78 is 70.0. The maximum Gasteiger partial charge on any atom is 0.228 e. The topological polar surface area (TPSA) is 64.2 Å². The lowest BCUT2D eigenvalue weighted by Crippen LogP contribution is -2.56. The van der Waals surface area contributed by atoms with Crippen LogP contribution in [0.3, 0.4) is 0 Å². The molecule has 8 aliphatic rings. The molecule has 6 saturated heterocycles. The van der Waals surface area contributed by atoms with Gasteiger partial charge in [-0.2, -0.15) is 11.8 Å². The standard InChI is InChI=1S/C30H44F2N2O2S.C30H44F2N2OS/c1-29(2,3)33-17-25(24-13-10-21(31)14-27(24)32)26(18-33)28(35)34-22-11-12-23(34)16-30(15-22,19-37(4)36)20-8-6-5-7-9-20;1-29(2,3)33-17-25(24-13-10-21(31)14-27(24)32)26(18-33)28(35)34-22-11-12-23(34)16-30(15-22,19-36-4)20-8-6-5-7-9-20/h10,13-14,20,22-23,25-26H,5-9,11-12,15-19H2,1-4H3;10,13-14,20,22-23,25-26H,5-9,11-12,15-19H2,1-4H3/t22?,23?,25-,26+,30?,37?;22?,23?,25-,26+,30?/m00/s1. The molecule has 2 aliphatic carbocycles. The maximum absolute atomic E-state index is 15.0. The van der Waals surface area contributed by atoms with E-state index in [9.17, 15) is 31.4 Å². The molecule has 7 nitrogen and oxygen atoms in total. The Hall–Kier alpha value is -2.48. The van der Waals surface area contributed by atoms with E-state index >= 15 is 0 Å². The Labute approximate surface area is 442 Å². The van der Waals surface area contributed by atoms with Crippen molar-refractivity contribution in [2.24, 2.45) is 34.5 Å². The van der Waals surface area contributed by atoms with Crippen LogP contribution in [0.5, 0.6) is 0 Å². The summed E-state index contributed by atoms with van der Waals surface area (Å²) in [5, 5.41) is 0. The molecular formula is C60H88F4N4O3S2. The highest BCUT2D eigenvalue weighted by molar-refractivity contribution is 7.98. The number of nitrogens with zero attached hydrogens (tertiary/aromatic N) is 4. The summed E-state index contributed by atoms with van der Waals surface area (Å²) in [6.07, 6.45) is 25.5. The van der Waals surface area contributed by atoms with Crippen molar-refractivity contribution >= 4 is 34.4 Å². The highest BCUT2D eigenvalue weighted by atomic mass is 32.2. The number of thioether (sulfide) groups is 1. The molecule has 6 heterocycles. The third-order valence-electron chi connectivity index (χ3n) is 20.1. The second-order valence-electron chi connectivity index (χ2n) is 26.5. The largest absolute Gasteiger partial charge is 0.336 e. The molecule has 2 aromatic carbocycles. The van der Waals surface area contributed by atoms with E-state index in [1.54, 1.807) is 6.07 Å². The van der Waals surface area contributed by atoms with E-state index < -0.39 is 34.1 Å². The summed E-state index contributed by atoms with van der Waals surface area (Å²) >= 11 is 1.99. The minimum atomic E-state index is -0.863. The monoisotopic (exact) mass is 1050 g/mol. The van der Waals surface area contributed by atoms with Crippen LogP contribution in [0, 0.1) is 57.8 Å². The maximum atomic E-state index is 15.0. The third-order valence-corrected chi connectivity index (χ3v) is 21.9. The summed E-state index contributed by atoms with van der Waals surface area (Å²) in [7, 11) is -0.863. The quantitative estimate of drug-likeness (QED) is 0.221. The van der Waals surface area contributed by atoms with Gasteiger partial charge in [0.1, 0.15) is 23.3 Å². The van der Waals surface area contributed by atoms with Crippen molar-refractivity contribution in [1.29, 1.82) is 0 Å². The van der Waals surface area contributed by atoms with Crippen LogP contribution in [0.1, 0.15) is 180 Å². The van der Waals surface area contributed by atoms with Crippen LogP contribution in [-0.4, -0.2) is 121 Å². The number of hydrogen-bond donors (Lipinski definition) is 0. The fourth-order valence-electron chi connectivity index (χ4n) is 16.6. The second kappa shape index (κ2) is 22.1. The zero-order chi connectivity index (χ0) is 52.2. The number of carbonyl (C=O) groups is 2. The zero-order valence-electron chi connectivity index (χ0n) is 45.6. The lowest BCUT2D eigenvalue weighted by molar-refractivity contribution is -0.144. The van der Waals surface area contributed by atoms with E-state index in [2.05, 4.69) is 67.4 Å². The minimum absolute atomic E-state index is 0.0677. The number of rotatable bonds is 10. The van der Waals surface area contributed by atoms with Crippen LogP contribution in [0.2, 0.25) is 0 Å². The lowest BCUT2D eigenvalue weighted by Gasteiger charge is -2.52. The van der Waals surface area contributed by atoms with Gasteiger partial charge in [0.15, 0.2) is 0 Å². The minimum Gasteiger partial charge on any atom is -0.336 e. The van der Waals surface area contributed by atoms with E-state index in [4.69, 9.17) is 0 Å². The number of hydrogen-bond acceptors (Lipinski definition) is 6. The van der Waals surface area contributed by atoms with Crippen LogP contribution >= 0.6 is 11.8 Å². The summed E-state index contributed by atoms with van der Waals surface area (Å²) in [6, 6.07) is 8.67. The third kappa shape index (κ3) is 11.4. The summed E-state index contributed by atoms with van der Waals surface area (Å²) in [5.74, 6) is 0.322. The number of fused-ring (bicyclic) bond motifs is 4. The molecule has 8 fully saturated rings. The molecule has 5 unspecified atom stereocenters. The summed E-state index contributed by atoms with van der Waals surface area (Å²) in [6.45, 7) is 15.3. The van der Waals surface area contributed by atoms with Gasteiger partial charge in [0.2, 0.25) is 11.8 Å². The van der Waals surface area contributed by atoms with Gasteiger partial charge < -0.3 is 9.80 Å². The molecule has 2 saturated carbocycles. The molecule has 10 rings (SSSR count). The van der Waals surface area contributed by atoms with E-state index in [1.165, 1.54) is 88.2 Å². The van der Waals surface area contributed by atoms with E-state index in [-0.39, 0.29) is 64.1 Å². The van der Waals surface area contributed by atoms with Gasteiger partial charge in [-0.15, -0.1) is 0 Å². The van der Waals surface area contributed by atoms with Gasteiger partial charge in [-0.3, -0.25) is 23.6 Å². The van der Waals surface area contributed by atoms with Crippen molar-refractivity contribution in [3.8, 4) is 0 Å². The number of carbonyl (C=O) groups excluding carboxylic acids is 2. The summed E-state index contributed by atoms with van der Waals surface area (Å²) in [5.41, 5.74) is 1.11. The van der Waals surface area contributed by atoms with Gasteiger partial charge in [-0.05, 0) is 177 Å². The van der Waals surface area contributed by atoms with Crippen molar-refractivity contribution in [1.82, 2.24) is 19.6 Å². The fourth-order valence-corrected chi connectivity index (χ4v) is 18.9. The Balaban J connectivity index is 0.000000180. The molecule has 13 heteroatoms. The molecule has 6 aliphatic heterocycles. The lowest BCUT2D eigenvalue weighted by atomic mass is 9.63. The average Bonchev–Trinajstić information content (AvgIpc) is 4.12. The first-order chi connectivity index (χ1) is 34.6. The summed E-state index contributed by atoms with van der Waals surface area (Å²) in [4.78, 5) is 37.7. The van der Waals surface area contributed by atoms with Crippen LogP contribution in [-0.2, 0) is 20.4 Å². The van der Waals surface area contributed by atoms with Crippen molar-refractivity contribution in [2.45, 2.75) is 204 Å². The first kappa shape index (κ1) is 55.3. The van der Waals surface area contributed by atoms with Gasteiger partial charge >= 0.3 is 0 Å². The Bertz CT molecular complexity index is 2280. The molecule has 0 spiro atoms. The van der Waals surface area contributed by atoms with E-state index in [1.807, 2.05) is 18.0 Å². The predicted molar refractivity (Wildman–Crippen MR) is 289 cm³/mol. The van der Waals surface area contributed by atoms with E-state index in [0.717, 1.165) is 75.2 Å². The second-order valence-corrected chi connectivity index (χ2v) is 28.8. The first-order valence-corrected chi connectivity index (χ1v) is 31.6. The van der Waals surface area contributed by atoms with Crippen molar-refractivity contribution in [3.63, 3.8) is 0 Å². The number of benzene rings is 2. The van der Waals surface area contributed by atoms with Crippen molar-refractivity contribution < 1.29 is 31.4 Å². The molecule has 9 atom stereocenters. The first-order valence-electron chi connectivity index (χ1n) is 28.4.